The zero-order valence-electron chi connectivity index (χ0n) is 10.6. The smallest absolute Gasteiger partial charge is 0.320 e. The Morgan fingerprint density at radius 2 is 2.17 bits per heavy atom. The first kappa shape index (κ1) is 13.4. The first-order chi connectivity index (χ1) is 8.50. The van der Waals surface area contributed by atoms with E-state index in [9.17, 15) is 4.79 Å². The van der Waals surface area contributed by atoms with Crippen molar-refractivity contribution < 1.29 is 4.79 Å². The zero-order valence-corrected chi connectivity index (χ0v) is 12.2. The van der Waals surface area contributed by atoms with Crippen molar-refractivity contribution in [3.63, 3.8) is 0 Å². The number of hydrogen-bond donors (Lipinski definition) is 1. The van der Waals surface area contributed by atoms with Crippen LogP contribution in [0, 0.1) is 0 Å². The average molecular weight is 312 g/mol. The van der Waals surface area contributed by atoms with Crippen LogP contribution >= 0.6 is 15.9 Å². The molecule has 1 aliphatic heterocycles. The van der Waals surface area contributed by atoms with Gasteiger partial charge in [-0.05, 0) is 18.6 Å². The molecule has 0 saturated carbocycles. The number of carbonyl (C=O) groups is 1. The van der Waals surface area contributed by atoms with Crippen LogP contribution in [0.2, 0.25) is 0 Å². The van der Waals surface area contributed by atoms with E-state index in [0.717, 1.165) is 10.0 Å². The fraction of sp³-hybridized carbons (Fsp3) is 0.462. The normalized spacial score (nSPS) is 21.6. The molecule has 1 aromatic rings. The minimum atomic E-state index is 0.000291. The lowest BCUT2D eigenvalue weighted by molar-refractivity contribution is 0.194. The number of rotatable bonds is 3. The van der Waals surface area contributed by atoms with Gasteiger partial charge in [-0.2, -0.15) is 0 Å². The molecule has 1 aromatic carbocycles. The van der Waals surface area contributed by atoms with E-state index in [2.05, 4.69) is 15.9 Å². The van der Waals surface area contributed by atoms with Gasteiger partial charge in [0.05, 0.1) is 6.04 Å². The Labute approximate surface area is 116 Å². The molecular weight excluding hydrogens is 294 g/mol. The quantitative estimate of drug-likeness (QED) is 0.930. The molecule has 2 atom stereocenters. The van der Waals surface area contributed by atoms with Crippen molar-refractivity contribution >= 4 is 22.0 Å². The summed E-state index contributed by atoms with van der Waals surface area (Å²) in [7, 11) is 1.84. The van der Waals surface area contributed by atoms with Gasteiger partial charge in [-0.3, -0.25) is 0 Å². The van der Waals surface area contributed by atoms with Gasteiger partial charge in [0.15, 0.2) is 0 Å². The molecule has 1 saturated heterocycles. The number of urea groups is 1. The van der Waals surface area contributed by atoms with Crippen LogP contribution in [0.5, 0.6) is 0 Å². The van der Waals surface area contributed by atoms with Gasteiger partial charge in [0.1, 0.15) is 0 Å². The summed E-state index contributed by atoms with van der Waals surface area (Å²) in [6, 6.07) is 8.16. The highest BCUT2D eigenvalue weighted by atomic mass is 79.9. The Morgan fingerprint density at radius 1 is 1.50 bits per heavy atom. The third-order valence-electron chi connectivity index (χ3n) is 3.21. The lowest BCUT2D eigenvalue weighted by Gasteiger charge is -2.19. The summed E-state index contributed by atoms with van der Waals surface area (Å²) in [4.78, 5) is 15.7. The second-order valence-electron chi connectivity index (χ2n) is 4.81. The van der Waals surface area contributed by atoms with Crippen LogP contribution in [0.15, 0.2) is 28.7 Å². The summed E-state index contributed by atoms with van der Waals surface area (Å²) in [5.74, 6) is 0. The van der Waals surface area contributed by atoms with Gasteiger partial charge < -0.3 is 15.5 Å². The van der Waals surface area contributed by atoms with E-state index in [1.165, 1.54) is 0 Å². The number of carbonyl (C=O) groups excluding carboxylic acids is 1. The van der Waals surface area contributed by atoms with Crippen LogP contribution in [0.4, 0.5) is 4.79 Å². The molecule has 18 heavy (non-hydrogen) atoms. The second kappa shape index (κ2) is 5.28. The molecule has 0 aliphatic carbocycles. The van der Waals surface area contributed by atoms with Gasteiger partial charge in [0.2, 0.25) is 0 Å². The van der Waals surface area contributed by atoms with E-state index in [-0.39, 0.29) is 18.1 Å². The molecule has 1 fully saturated rings. The van der Waals surface area contributed by atoms with Crippen LogP contribution in [0.1, 0.15) is 18.5 Å². The van der Waals surface area contributed by atoms with Crippen molar-refractivity contribution in [1.82, 2.24) is 9.80 Å². The summed E-state index contributed by atoms with van der Waals surface area (Å²) in [6.07, 6.45) is 0. The van der Waals surface area contributed by atoms with Crippen molar-refractivity contribution in [2.75, 3.05) is 20.1 Å². The fourth-order valence-electron chi connectivity index (χ4n) is 2.32. The predicted molar refractivity (Wildman–Crippen MR) is 75.3 cm³/mol. The molecule has 0 radical (unpaired) electrons. The highest BCUT2D eigenvalue weighted by Crippen LogP contribution is 2.32. The number of amides is 2. The first-order valence-electron chi connectivity index (χ1n) is 6.02. The van der Waals surface area contributed by atoms with Crippen molar-refractivity contribution in [2.45, 2.75) is 19.0 Å². The molecule has 5 heteroatoms. The van der Waals surface area contributed by atoms with Gasteiger partial charge in [0, 0.05) is 30.7 Å². The van der Waals surface area contributed by atoms with Crippen molar-refractivity contribution in [3.8, 4) is 0 Å². The van der Waals surface area contributed by atoms with E-state index in [4.69, 9.17) is 5.73 Å². The molecule has 2 rings (SSSR count). The Bertz CT molecular complexity index is 450. The van der Waals surface area contributed by atoms with Crippen LogP contribution in [0.3, 0.4) is 0 Å². The molecular formula is C13H18BrN3O. The highest BCUT2D eigenvalue weighted by Gasteiger charge is 2.36. The van der Waals surface area contributed by atoms with Gasteiger partial charge in [0.25, 0.3) is 0 Å². The number of nitrogens with zero attached hydrogens (tertiary/aromatic N) is 2. The van der Waals surface area contributed by atoms with E-state index < -0.39 is 0 Å². The van der Waals surface area contributed by atoms with Gasteiger partial charge in [-0.25, -0.2) is 4.79 Å². The largest absolute Gasteiger partial charge is 0.326 e. The van der Waals surface area contributed by atoms with Crippen molar-refractivity contribution in [3.05, 3.63) is 34.3 Å². The van der Waals surface area contributed by atoms with Gasteiger partial charge in [-0.15, -0.1) is 0 Å². The topological polar surface area (TPSA) is 49.6 Å². The minimum absolute atomic E-state index is 0.000291. The molecule has 2 N–H and O–H groups in total. The Kier molecular flexibility index (Phi) is 3.92. The molecule has 2 amide bonds. The fourth-order valence-corrected chi connectivity index (χ4v) is 2.87. The maximum atomic E-state index is 12.1. The number of nitrogens with two attached hydrogens (primary N) is 1. The average Bonchev–Trinajstić information content (AvgIpc) is 2.58. The van der Waals surface area contributed by atoms with E-state index in [0.29, 0.717) is 13.1 Å². The van der Waals surface area contributed by atoms with Gasteiger partial charge >= 0.3 is 6.03 Å². The molecule has 0 spiro atoms. The number of likely N-dealkylation sites (N-methyl/N-ethyl adjacent to an activating group) is 1. The second-order valence-corrected chi connectivity index (χ2v) is 5.67. The van der Waals surface area contributed by atoms with E-state index in [1.54, 1.807) is 4.90 Å². The summed E-state index contributed by atoms with van der Waals surface area (Å²) in [5, 5.41) is 0. The molecule has 4 nitrogen and oxygen atoms in total. The number of halogens is 1. The molecule has 0 bridgehead atoms. The highest BCUT2D eigenvalue weighted by molar-refractivity contribution is 9.10. The van der Waals surface area contributed by atoms with Gasteiger partial charge in [-0.1, -0.05) is 34.1 Å². The molecule has 0 aromatic heterocycles. The minimum Gasteiger partial charge on any atom is -0.326 e. The summed E-state index contributed by atoms with van der Waals surface area (Å²) < 4.78 is 1.04. The van der Waals surface area contributed by atoms with Crippen molar-refractivity contribution in [1.29, 1.82) is 0 Å². The number of hydrogen-bond acceptors (Lipinski definition) is 2. The van der Waals surface area contributed by atoms with E-state index >= 15 is 0 Å². The van der Waals surface area contributed by atoms with E-state index in [1.807, 2.05) is 43.1 Å². The maximum Gasteiger partial charge on any atom is 0.320 e. The lowest BCUT2D eigenvalue weighted by Crippen LogP contribution is -2.38. The molecule has 1 heterocycles. The van der Waals surface area contributed by atoms with Crippen LogP contribution in [0.25, 0.3) is 0 Å². The molecule has 1 aliphatic rings. The molecule has 98 valence electrons. The Balaban J connectivity index is 2.21. The summed E-state index contributed by atoms with van der Waals surface area (Å²) in [6.45, 7) is 3.21. The summed E-state index contributed by atoms with van der Waals surface area (Å²) >= 11 is 3.54. The molecule has 2 unspecified atom stereocenters. The maximum absolute atomic E-state index is 12.1. The van der Waals surface area contributed by atoms with Crippen LogP contribution in [-0.4, -0.2) is 42.0 Å². The SMILES string of the molecule is CC(N)CN1CC(c2ccccc2Br)N(C)C1=O. The standard InChI is InChI=1S/C13H18BrN3O/c1-9(15)7-17-8-12(16(2)13(17)18)10-5-3-4-6-11(10)14/h3-6,9,12H,7-8,15H2,1-2H3. The third kappa shape index (κ3) is 2.52. The predicted octanol–water partition coefficient (Wildman–Crippen LogP) is 2.20. The van der Waals surface area contributed by atoms with Crippen LogP contribution in [-0.2, 0) is 0 Å². The zero-order chi connectivity index (χ0) is 13.3. The lowest BCUT2D eigenvalue weighted by atomic mass is 10.1. The Hall–Kier alpha value is -1.07. The summed E-state index contributed by atoms with van der Waals surface area (Å²) in [5.41, 5.74) is 6.91. The number of benzene rings is 1. The monoisotopic (exact) mass is 311 g/mol. The van der Waals surface area contributed by atoms with Crippen molar-refractivity contribution in [2.24, 2.45) is 5.73 Å². The third-order valence-corrected chi connectivity index (χ3v) is 3.93. The van der Waals surface area contributed by atoms with Crippen LogP contribution < -0.4 is 5.73 Å². The first-order valence-corrected chi connectivity index (χ1v) is 6.81. The Morgan fingerprint density at radius 3 is 2.78 bits per heavy atom.